The van der Waals surface area contributed by atoms with E-state index in [1.54, 1.807) is 0 Å². The van der Waals surface area contributed by atoms with Gasteiger partial charge in [0.1, 0.15) is 0 Å². The summed E-state index contributed by atoms with van der Waals surface area (Å²) in [6, 6.07) is 15.6. The number of rotatable bonds is 5. The number of benzene rings is 2. The monoisotopic (exact) mass is 268 g/mol. The predicted octanol–water partition coefficient (Wildman–Crippen LogP) is 2.64. The zero-order chi connectivity index (χ0) is 14.4. The van der Waals surface area contributed by atoms with Crippen LogP contribution in [0.1, 0.15) is 34.0 Å². The van der Waals surface area contributed by atoms with E-state index >= 15 is 0 Å². The van der Waals surface area contributed by atoms with Crippen LogP contribution in [0.15, 0.2) is 48.5 Å². The molecular weight excluding hydrogens is 248 g/mol. The number of nitrogens with one attached hydrogen (secondary N) is 1. The van der Waals surface area contributed by atoms with Crippen molar-refractivity contribution in [3.8, 4) is 0 Å². The van der Waals surface area contributed by atoms with Crippen molar-refractivity contribution in [1.82, 2.24) is 5.32 Å². The quantitative estimate of drug-likeness (QED) is 0.876. The Balaban J connectivity index is 2.09. The summed E-state index contributed by atoms with van der Waals surface area (Å²) in [5, 5.41) is 2.97. The number of hydrogen-bond acceptors (Lipinski definition) is 2. The highest BCUT2D eigenvalue weighted by Gasteiger charge is 2.09. The second-order valence-electron chi connectivity index (χ2n) is 4.67. The van der Waals surface area contributed by atoms with Crippen molar-refractivity contribution in [3.05, 3.63) is 70.8 Å². The molecule has 0 atom stereocenters. The summed E-state index contributed by atoms with van der Waals surface area (Å²) in [6.45, 7) is 3.04. The molecule has 2 rings (SSSR count). The molecule has 0 heterocycles. The molecule has 3 nitrogen and oxygen atoms in total. The van der Waals surface area contributed by atoms with Crippen LogP contribution < -0.4 is 11.1 Å². The molecule has 0 saturated carbocycles. The van der Waals surface area contributed by atoms with E-state index in [-0.39, 0.29) is 5.91 Å². The molecule has 2 aromatic carbocycles. The van der Waals surface area contributed by atoms with Crippen molar-refractivity contribution >= 4 is 5.91 Å². The fourth-order valence-corrected chi connectivity index (χ4v) is 2.25. The molecule has 3 N–H and O–H groups in total. The second kappa shape index (κ2) is 6.87. The van der Waals surface area contributed by atoms with Gasteiger partial charge in [0, 0.05) is 18.7 Å². The Morgan fingerprint density at radius 3 is 2.25 bits per heavy atom. The third-order valence-electron chi connectivity index (χ3n) is 3.42. The highest BCUT2D eigenvalue weighted by molar-refractivity contribution is 5.95. The number of amides is 1. The normalized spacial score (nSPS) is 10.3. The van der Waals surface area contributed by atoms with Crippen molar-refractivity contribution in [2.24, 2.45) is 5.73 Å². The zero-order valence-corrected chi connectivity index (χ0v) is 11.7. The Labute approximate surface area is 119 Å². The lowest BCUT2D eigenvalue weighted by Gasteiger charge is -2.11. The fourth-order valence-electron chi connectivity index (χ4n) is 2.25. The van der Waals surface area contributed by atoms with Crippen LogP contribution >= 0.6 is 0 Å². The highest BCUT2D eigenvalue weighted by atomic mass is 16.1. The Morgan fingerprint density at radius 2 is 1.60 bits per heavy atom. The van der Waals surface area contributed by atoms with Gasteiger partial charge in [-0.15, -0.1) is 0 Å². The molecule has 0 unspecified atom stereocenters. The van der Waals surface area contributed by atoms with Gasteiger partial charge >= 0.3 is 0 Å². The topological polar surface area (TPSA) is 55.1 Å². The van der Waals surface area contributed by atoms with Crippen LogP contribution in [0.5, 0.6) is 0 Å². The molecule has 0 saturated heterocycles. The standard InChI is InChI=1S/C17H20N2O/c1-2-13-7-5-6-10-16(13)17(20)19-12-15-9-4-3-8-14(15)11-18/h3-10H,2,11-12,18H2,1H3,(H,19,20). The summed E-state index contributed by atoms with van der Waals surface area (Å²) >= 11 is 0. The van der Waals surface area contributed by atoms with E-state index in [0.717, 1.165) is 28.7 Å². The molecule has 0 aliphatic rings. The zero-order valence-electron chi connectivity index (χ0n) is 11.7. The third kappa shape index (κ3) is 3.25. The Morgan fingerprint density at radius 1 is 1.00 bits per heavy atom. The van der Waals surface area contributed by atoms with Gasteiger partial charge in [-0.2, -0.15) is 0 Å². The molecule has 0 aliphatic carbocycles. The number of hydrogen-bond donors (Lipinski definition) is 2. The minimum Gasteiger partial charge on any atom is -0.348 e. The van der Waals surface area contributed by atoms with Gasteiger partial charge < -0.3 is 11.1 Å². The summed E-state index contributed by atoms with van der Waals surface area (Å²) in [6.07, 6.45) is 0.850. The summed E-state index contributed by atoms with van der Waals surface area (Å²) in [7, 11) is 0. The molecule has 0 spiro atoms. The smallest absolute Gasteiger partial charge is 0.251 e. The Kier molecular flexibility index (Phi) is 4.91. The van der Waals surface area contributed by atoms with E-state index in [0.29, 0.717) is 13.1 Å². The summed E-state index contributed by atoms with van der Waals surface area (Å²) in [5.74, 6) is -0.0331. The van der Waals surface area contributed by atoms with Crippen LogP contribution in [0.25, 0.3) is 0 Å². The van der Waals surface area contributed by atoms with Crippen LogP contribution in [0.2, 0.25) is 0 Å². The van der Waals surface area contributed by atoms with E-state index in [2.05, 4.69) is 12.2 Å². The second-order valence-corrected chi connectivity index (χ2v) is 4.67. The first-order valence-electron chi connectivity index (χ1n) is 6.89. The molecule has 1 amide bonds. The van der Waals surface area contributed by atoms with Gasteiger partial charge in [0.05, 0.1) is 0 Å². The maximum Gasteiger partial charge on any atom is 0.251 e. The largest absolute Gasteiger partial charge is 0.348 e. The van der Waals surface area contributed by atoms with Crippen molar-refractivity contribution in [1.29, 1.82) is 0 Å². The summed E-state index contributed by atoms with van der Waals surface area (Å²) < 4.78 is 0. The molecule has 20 heavy (non-hydrogen) atoms. The van der Waals surface area contributed by atoms with Gasteiger partial charge in [-0.25, -0.2) is 0 Å². The average Bonchev–Trinajstić information content (AvgIpc) is 2.52. The minimum atomic E-state index is -0.0331. The molecule has 0 aromatic heterocycles. The van der Waals surface area contributed by atoms with Gasteiger partial charge in [-0.3, -0.25) is 4.79 Å². The van der Waals surface area contributed by atoms with Crippen LogP contribution in [0, 0.1) is 0 Å². The van der Waals surface area contributed by atoms with E-state index in [1.165, 1.54) is 0 Å². The van der Waals surface area contributed by atoms with Gasteiger partial charge in [-0.1, -0.05) is 49.4 Å². The summed E-state index contributed by atoms with van der Waals surface area (Å²) in [5.41, 5.74) is 9.65. The van der Waals surface area contributed by atoms with Crippen molar-refractivity contribution in [2.75, 3.05) is 0 Å². The minimum absolute atomic E-state index is 0.0331. The maximum absolute atomic E-state index is 12.3. The number of nitrogens with two attached hydrogens (primary N) is 1. The SMILES string of the molecule is CCc1ccccc1C(=O)NCc1ccccc1CN. The van der Waals surface area contributed by atoms with Gasteiger partial charge in [0.25, 0.3) is 5.91 Å². The fraction of sp³-hybridized carbons (Fsp3) is 0.235. The molecule has 104 valence electrons. The van der Waals surface area contributed by atoms with Crippen molar-refractivity contribution < 1.29 is 4.79 Å². The van der Waals surface area contributed by atoms with Gasteiger partial charge in [-0.05, 0) is 29.2 Å². The molecular formula is C17H20N2O. The molecule has 0 bridgehead atoms. The molecule has 2 aromatic rings. The summed E-state index contributed by atoms with van der Waals surface area (Å²) in [4.78, 5) is 12.3. The number of aryl methyl sites for hydroxylation is 1. The lowest BCUT2D eigenvalue weighted by atomic mass is 10.0. The third-order valence-corrected chi connectivity index (χ3v) is 3.42. The first-order chi connectivity index (χ1) is 9.76. The molecule has 0 radical (unpaired) electrons. The van der Waals surface area contributed by atoms with E-state index in [4.69, 9.17) is 5.73 Å². The number of carbonyl (C=O) groups is 1. The first kappa shape index (κ1) is 14.3. The molecule has 3 heteroatoms. The predicted molar refractivity (Wildman–Crippen MR) is 81.3 cm³/mol. The van der Waals surface area contributed by atoms with E-state index in [1.807, 2.05) is 48.5 Å². The first-order valence-corrected chi connectivity index (χ1v) is 6.89. The van der Waals surface area contributed by atoms with Gasteiger partial charge in [0.2, 0.25) is 0 Å². The average molecular weight is 268 g/mol. The maximum atomic E-state index is 12.3. The van der Waals surface area contributed by atoms with Crippen LogP contribution in [0.3, 0.4) is 0 Å². The van der Waals surface area contributed by atoms with Gasteiger partial charge in [0.15, 0.2) is 0 Å². The van der Waals surface area contributed by atoms with Crippen LogP contribution in [-0.2, 0) is 19.5 Å². The molecule has 0 aliphatic heterocycles. The Bertz CT molecular complexity index is 593. The van der Waals surface area contributed by atoms with Crippen LogP contribution in [-0.4, -0.2) is 5.91 Å². The van der Waals surface area contributed by atoms with Crippen LogP contribution in [0.4, 0.5) is 0 Å². The highest BCUT2D eigenvalue weighted by Crippen LogP contribution is 2.11. The van der Waals surface area contributed by atoms with E-state index in [9.17, 15) is 4.79 Å². The van der Waals surface area contributed by atoms with E-state index < -0.39 is 0 Å². The van der Waals surface area contributed by atoms with Crippen molar-refractivity contribution in [2.45, 2.75) is 26.4 Å². The number of carbonyl (C=O) groups excluding carboxylic acids is 1. The van der Waals surface area contributed by atoms with Crippen molar-refractivity contribution in [3.63, 3.8) is 0 Å². The lowest BCUT2D eigenvalue weighted by molar-refractivity contribution is 0.0950. The lowest BCUT2D eigenvalue weighted by Crippen LogP contribution is -2.24. The molecule has 0 fully saturated rings. The Hall–Kier alpha value is -2.13.